The van der Waals surface area contributed by atoms with Gasteiger partial charge in [-0.1, -0.05) is 11.6 Å². The second-order valence-corrected chi connectivity index (χ2v) is 8.36. The van der Waals surface area contributed by atoms with Gasteiger partial charge in [0.05, 0.1) is 42.0 Å². The van der Waals surface area contributed by atoms with Crippen LogP contribution < -0.4 is 5.32 Å². The van der Waals surface area contributed by atoms with Gasteiger partial charge in [0, 0.05) is 26.2 Å². The zero-order valence-electron chi connectivity index (χ0n) is 14.5. The summed E-state index contributed by atoms with van der Waals surface area (Å²) in [6.07, 6.45) is 0. The van der Waals surface area contributed by atoms with E-state index in [0.29, 0.717) is 39.5 Å². The van der Waals surface area contributed by atoms with Crippen LogP contribution in [-0.2, 0) is 29.1 Å². The van der Waals surface area contributed by atoms with Crippen LogP contribution in [0.1, 0.15) is 0 Å². The number of nitrogens with zero attached hydrogens (tertiary/aromatic N) is 2. The van der Waals surface area contributed by atoms with Gasteiger partial charge in [-0.05, 0) is 18.2 Å². The second kappa shape index (κ2) is 8.53. The fraction of sp³-hybridized carbons (Fsp3) is 0.500. The predicted octanol–water partition coefficient (Wildman–Crippen LogP) is 0.158. The Morgan fingerprint density at radius 1 is 1.00 bits per heavy atom. The number of amides is 2. The third-order valence-corrected chi connectivity index (χ3v) is 6.51. The van der Waals surface area contributed by atoms with Gasteiger partial charge in [0.25, 0.3) is 0 Å². The quantitative estimate of drug-likeness (QED) is 0.702. The minimum Gasteiger partial charge on any atom is -0.379 e. The lowest BCUT2D eigenvalue weighted by Gasteiger charge is -2.27. The Balaban J connectivity index is 1.76. The lowest BCUT2D eigenvalue weighted by Crippen LogP contribution is -2.45. The monoisotopic (exact) mass is 417 g/mol. The molecule has 0 atom stereocenters. The van der Waals surface area contributed by atoms with Crippen LogP contribution in [0.4, 0.5) is 5.69 Å². The first-order valence-electron chi connectivity index (χ1n) is 8.45. The summed E-state index contributed by atoms with van der Waals surface area (Å²) in [6.45, 7) is 2.54. The van der Waals surface area contributed by atoms with Gasteiger partial charge in [-0.3, -0.25) is 9.59 Å². The van der Waals surface area contributed by atoms with Gasteiger partial charge < -0.3 is 19.7 Å². The molecule has 148 valence electrons. The van der Waals surface area contributed by atoms with Crippen molar-refractivity contribution in [3.05, 3.63) is 23.2 Å². The molecule has 27 heavy (non-hydrogen) atoms. The number of carbonyl (C=O) groups excluding carboxylic acids is 2. The molecule has 1 aromatic carbocycles. The number of ether oxygens (including phenoxy) is 2. The van der Waals surface area contributed by atoms with Crippen molar-refractivity contribution in [1.29, 1.82) is 0 Å². The molecule has 0 spiro atoms. The number of nitrogens with one attached hydrogen (secondary N) is 1. The summed E-state index contributed by atoms with van der Waals surface area (Å²) < 4.78 is 37.1. The SMILES string of the molecule is O=C(Nc1cc(S(=O)(=O)N2CCOCC2)ccc1Cl)C(=O)N1CCOCC1. The highest BCUT2D eigenvalue weighted by atomic mass is 35.5. The smallest absolute Gasteiger partial charge is 0.313 e. The molecular weight excluding hydrogens is 398 g/mol. The molecule has 0 aromatic heterocycles. The summed E-state index contributed by atoms with van der Waals surface area (Å²) in [6, 6.07) is 4.01. The lowest BCUT2D eigenvalue weighted by atomic mass is 10.3. The van der Waals surface area contributed by atoms with Gasteiger partial charge in [0.1, 0.15) is 0 Å². The average molecular weight is 418 g/mol. The van der Waals surface area contributed by atoms with E-state index in [1.54, 1.807) is 0 Å². The van der Waals surface area contributed by atoms with E-state index < -0.39 is 21.8 Å². The number of sulfonamides is 1. The summed E-state index contributed by atoms with van der Waals surface area (Å²) in [5, 5.41) is 2.55. The first kappa shape index (κ1) is 20.0. The maximum atomic E-state index is 12.7. The Bertz CT molecular complexity index is 819. The molecule has 2 aliphatic heterocycles. The molecule has 11 heteroatoms. The summed E-state index contributed by atoms with van der Waals surface area (Å²) in [5.41, 5.74) is 0.0672. The van der Waals surface area contributed by atoms with E-state index in [1.807, 2.05) is 0 Å². The van der Waals surface area contributed by atoms with Crippen molar-refractivity contribution in [2.75, 3.05) is 57.9 Å². The maximum Gasteiger partial charge on any atom is 0.313 e. The Labute approximate surface area is 162 Å². The van der Waals surface area contributed by atoms with Crippen molar-refractivity contribution in [2.24, 2.45) is 0 Å². The van der Waals surface area contributed by atoms with Crippen molar-refractivity contribution in [2.45, 2.75) is 4.90 Å². The van der Waals surface area contributed by atoms with Crippen LogP contribution in [0, 0.1) is 0 Å². The van der Waals surface area contributed by atoms with Crippen LogP contribution in [0.2, 0.25) is 5.02 Å². The highest BCUT2D eigenvalue weighted by molar-refractivity contribution is 7.89. The van der Waals surface area contributed by atoms with Gasteiger partial charge in [-0.25, -0.2) is 8.42 Å². The molecule has 2 aliphatic rings. The molecule has 3 rings (SSSR count). The van der Waals surface area contributed by atoms with Crippen molar-refractivity contribution in [3.63, 3.8) is 0 Å². The Hall–Kier alpha value is -1.72. The normalized spacial score (nSPS) is 18.9. The molecule has 0 bridgehead atoms. The van der Waals surface area contributed by atoms with Gasteiger partial charge in [0.2, 0.25) is 10.0 Å². The van der Waals surface area contributed by atoms with Gasteiger partial charge >= 0.3 is 11.8 Å². The minimum absolute atomic E-state index is 0.0112. The molecule has 0 saturated carbocycles. The fourth-order valence-electron chi connectivity index (χ4n) is 2.78. The third kappa shape index (κ3) is 4.58. The highest BCUT2D eigenvalue weighted by Crippen LogP contribution is 2.27. The number of hydrogen-bond donors (Lipinski definition) is 1. The first-order valence-corrected chi connectivity index (χ1v) is 10.3. The van der Waals surface area contributed by atoms with Crippen molar-refractivity contribution >= 4 is 39.1 Å². The summed E-state index contributed by atoms with van der Waals surface area (Å²) >= 11 is 6.08. The van der Waals surface area contributed by atoms with Gasteiger partial charge in [-0.15, -0.1) is 0 Å². The highest BCUT2D eigenvalue weighted by Gasteiger charge is 2.28. The fourth-order valence-corrected chi connectivity index (χ4v) is 4.38. The minimum atomic E-state index is -3.75. The van der Waals surface area contributed by atoms with Crippen LogP contribution in [0.15, 0.2) is 23.1 Å². The zero-order chi connectivity index (χ0) is 19.4. The molecule has 0 unspecified atom stereocenters. The third-order valence-electron chi connectivity index (χ3n) is 4.29. The zero-order valence-corrected chi connectivity index (χ0v) is 16.1. The van der Waals surface area contributed by atoms with Crippen LogP contribution >= 0.6 is 11.6 Å². The summed E-state index contributed by atoms with van der Waals surface area (Å²) in [4.78, 5) is 25.8. The van der Waals surface area contributed by atoms with Crippen LogP contribution in [0.25, 0.3) is 0 Å². The van der Waals surface area contributed by atoms with Crippen LogP contribution in [0.3, 0.4) is 0 Å². The summed E-state index contributed by atoms with van der Waals surface area (Å²) in [7, 11) is -3.75. The van der Waals surface area contributed by atoms with Crippen molar-refractivity contribution in [1.82, 2.24) is 9.21 Å². The predicted molar refractivity (Wildman–Crippen MR) is 97.1 cm³/mol. The van der Waals surface area contributed by atoms with E-state index in [9.17, 15) is 18.0 Å². The molecule has 9 nitrogen and oxygen atoms in total. The van der Waals surface area contributed by atoms with Crippen LogP contribution in [-0.4, -0.2) is 82.0 Å². The van der Waals surface area contributed by atoms with E-state index >= 15 is 0 Å². The first-order chi connectivity index (χ1) is 12.9. The average Bonchev–Trinajstić information content (AvgIpc) is 2.70. The lowest BCUT2D eigenvalue weighted by molar-refractivity contribution is -0.145. The number of rotatable bonds is 3. The van der Waals surface area contributed by atoms with Crippen LogP contribution in [0.5, 0.6) is 0 Å². The van der Waals surface area contributed by atoms with Gasteiger partial charge in [-0.2, -0.15) is 4.31 Å². The molecular formula is C16H20ClN3O6S. The van der Waals surface area contributed by atoms with Crippen molar-refractivity contribution < 1.29 is 27.5 Å². The molecule has 2 fully saturated rings. The number of carbonyl (C=O) groups is 2. The van der Waals surface area contributed by atoms with E-state index in [0.717, 1.165) is 0 Å². The second-order valence-electron chi connectivity index (χ2n) is 6.02. The van der Waals surface area contributed by atoms with E-state index in [4.69, 9.17) is 21.1 Å². The number of morpholine rings is 2. The number of halogens is 1. The maximum absolute atomic E-state index is 12.7. The molecule has 1 N–H and O–H groups in total. The molecule has 2 amide bonds. The topological polar surface area (TPSA) is 105 Å². The van der Waals surface area contributed by atoms with E-state index in [2.05, 4.69) is 5.32 Å². The van der Waals surface area contributed by atoms with Crippen molar-refractivity contribution in [3.8, 4) is 0 Å². The van der Waals surface area contributed by atoms with E-state index in [1.165, 1.54) is 27.4 Å². The summed E-state index contributed by atoms with van der Waals surface area (Å²) in [5.74, 6) is -1.59. The van der Waals surface area contributed by atoms with E-state index in [-0.39, 0.29) is 28.7 Å². The number of benzene rings is 1. The number of anilines is 1. The molecule has 0 aliphatic carbocycles. The molecule has 2 saturated heterocycles. The standard InChI is InChI=1S/C16H20ClN3O6S/c17-13-2-1-12(27(23,24)20-5-9-26-10-6-20)11-14(13)18-15(21)16(22)19-3-7-25-8-4-19/h1-2,11H,3-10H2,(H,18,21). The Kier molecular flexibility index (Phi) is 6.33. The molecule has 1 aromatic rings. The Morgan fingerprint density at radius 3 is 2.22 bits per heavy atom. The number of hydrogen-bond acceptors (Lipinski definition) is 6. The Morgan fingerprint density at radius 2 is 1.59 bits per heavy atom. The molecule has 0 radical (unpaired) electrons. The largest absolute Gasteiger partial charge is 0.379 e. The van der Waals surface area contributed by atoms with Gasteiger partial charge in [0.15, 0.2) is 0 Å². The molecule has 2 heterocycles.